The minimum Gasteiger partial charge on any atom is -0.497 e. The van der Waals surface area contributed by atoms with Crippen LogP contribution in [0.15, 0.2) is 74.3 Å². The fourth-order valence-electron chi connectivity index (χ4n) is 3.76. The molecule has 0 amide bonds. The highest BCUT2D eigenvalue weighted by atomic mass is 31.2. The van der Waals surface area contributed by atoms with Crippen molar-refractivity contribution in [1.82, 2.24) is 19.5 Å². The van der Waals surface area contributed by atoms with E-state index in [1.807, 2.05) is 28.8 Å². The topological polar surface area (TPSA) is 125 Å². The minimum absolute atomic E-state index is 0.157. The van der Waals surface area contributed by atoms with Crippen molar-refractivity contribution in [2.24, 2.45) is 0 Å². The summed E-state index contributed by atoms with van der Waals surface area (Å²) in [5.74, 6) is 3.00. The molecule has 0 saturated carbocycles. The van der Waals surface area contributed by atoms with Crippen LogP contribution in [0.3, 0.4) is 0 Å². The number of hydrogen-bond acceptors (Lipinski definition) is 10. The number of fused-ring (bicyclic) bond motifs is 1. The van der Waals surface area contributed by atoms with Crippen molar-refractivity contribution in [2.45, 2.75) is 25.2 Å². The van der Waals surface area contributed by atoms with Crippen LogP contribution in [0, 0.1) is 0 Å². The number of methoxy groups -OCH3 is 2. The summed E-state index contributed by atoms with van der Waals surface area (Å²) in [5.41, 5.74) is 7.11. The molecule has 0 spiro atoms. The Bertz CT molecular complexity index is 1250. The maximum Gasteiger partial charge on any atom is 0.463 e. The van der Waals surface area contributed by atoms with Crippen LogP contribution in [0.2, 0.25) is 0 Å². The third-order valence-corrected chi connectivity index (χ3v) is 6.71. The number of ether oxygens (including phenoxy) is 3. The van der Waals surface area contributed by atoms with E-state index in [0.717, 1.165) is 24.3 Å². The molecule has 0 radical (unpaired) electrons. The molecule has 5 rings (SSSR count). The molecule has 2 atom stereocenters. The molecule has 1 aliphatic heterocycles. The molecule has 4 aromatic rings. The Morgan fingerprint density at radius 3 is 2.05 bits per heavy atom. The van der Waals surface area contributed by atoms with Gasteiger partial charge in [-0.2, -0.15) is 0 Å². The summed E-state index contributed by atoms with van der Waals surface area (Å²) in [4.78, 5) is 12.6. The van der Waals surface area contributed by atoms with Crippen molar-refractivity contribution >= 4 is 25.6 Å². The number of nitrogens with zero attached hydrogens (tertiary/aromatic N) is 4. The number of anilines is 1. The van der Waals surface area contributed by atoms with E-state index in [1.165, 1.54) is 6.33 Å². The lowest BCUT2D eigenvalue weighted by Gasteiger charge is -2.20. The molecule has 1 aliphatic rings. The molecular weight excluding hydrogens is 509 g/mol. The average Bonchev–Trinajstić information content (AvgIpc) is 3.61. The Morgan fingerprint density at radius 1 is 0.895 bits per heavy atom. The molecule has 0 aliphatic carbocycles. The summed E-state index contributed by atoms with van der Waals surface area (Å²) in [5, 5.41) is 0. The normalized spacial score (nSPS) is 16.6. The molecule has 11 nitrogen and oxygen atoms in total. The van der Waals surface area contributed by atoms with E-state index >= 15 is 0 Å². The summed E-state index contributed by atoms with van der Waals surface area (Å²) in [6.45, 7) is 6.29. The maximum absolute atomic E-state index is 6.23. The fraction of sp³-hybridized carbons (Fsp3) is 0.269. The zero-order valence-electron chi connectivity index (χ0n) is 21.2. The van der Waals surface area contributed by atoms with Gasteiger partial charge in [-0.15, -0.1) is 13.2 Å². The van der Waals surface area contributed by atoms with Gasteiger partial charge in [-0.3, -0.25) is 9.09 Å². The van der Waals surface area contributed by atoms with Crippen LogP contribution in [0.25, 0.3) is 11.2 Å². The Hall–Kier alpha value is -3.92. The van der Waals surface area contributed by atoms with Crippen molar-refractivity contribution < 1.29 is 27.8 Å². The zero-order valence-corrected chi connectivity index (χ0v) is 22.1. The average molecular weight is 540 g/mol. The summed E-state index contributed by atoms with van der Waals surface area (Å²) >= 11 is 0. The highest BCUT2D eigenvalue weighted by Crippen LogP contribution is 2.43. The van der Waals surface area contributed by atoms with E-state index in [0.29, 0.717) is 28.5 Å². The van der Waals surface area contributed by atoms with Crippen molar-refractivity contribution in [3.63, 3.8) is 0 Å². The number of nitrogens with two attached hydrogens (primary N) is 1. The monoisotopic (exact) mass is 539 g/mol. The quantitative estimate of drug-likeness (QED) is 0.209. The second-order valence-corrected chi connectivity index (χ2v) is 9.00. The van der Waals surface area contributed by atoms with Crippen molar-refractivity contribution in [3.8, 4) is 23.0 Å². The Morgan fingerprint density at radius 2 is 1.47 bits per heavy atom. The van der Waals surface area contributed by atoms with Gasteiger partial charge in [0, 0.05) is 0 Å². The number of nitrogen functional groups attached to an aromatic ring is 1. The highest BCUT2D eigenvalue weighted by Gasteiger charge is 2.30. The molecule has 0 bridgehead atoms. The predicted molar refractivity (Wildman–Crippen MR) is 144 cm³/mol. The molecule has 38 heavy (non-hydrogen) atoms. The second kappa shape index (κ2) is 13.0. The third-order valence-electron chi connectivity index (χ3n) is 5.63. The number of benzene rings is 2. The van der Waals surface area contributed by atoms with E-state index in [1.54, 1.807) is 44.8 Å². The number of hydrogen-bond donors (Lipinski definition) is 1. The third kappa shape index (κ3) is 6.49. The van der Waals surface area contributed by atoms with Gasteiger partial charge in [0.1, 0.15) is 41.1 Å². The van der Waals surface area contributed by atoms with Crippen molar-refractivity contribution in [2.75, 3.05) is 26.6 Å². The molecule has 1 fully saturated rings. The molecule has 200 valence electrons. The highest BCUT2D eigenvalue weighted by molar-refractivity contribution is 7.42. The number of imidazole rings is 1. The van der Waals surface area contributed by atoms with Gasteiger partial charge in [-0.1, -0.05) is 0 Å². The summed E-state index contributed by atoms with van der Waals surface area (Å²) in [7, 11) is 1.46. The number of rotatable bonds is 10. The lowest BCUT2D eigenvalue weighted by Crippen LogP contribution is -2.17. The van der Waals surface area contributed by atoms with E-state index < -0.39 is 8.60 Å². The van der Waals surface area contributed by atoms with Crippen molar-refractivity contribution in [3.05, 3.63) is 74.3 Å². The van der Waals surface area contributed by atoms with Crippen LogP contribution in [0.1, 0.15) is 19.1 Å². The van der Waals surface area contributed by atoms with Gasteiger partial charge in [0.25, 0.3) is 0 Å². The van der Waals surface area contributed by atoms with Crippen LogP contribution < -0.4 is 24.3 Å². The van der Waals surface area contributed by atoms with Crippen LogP contribution in [-0.2, 0) is 9.26 Å². The van der Waals surface area contributed by atoms with E-state index in [-0.39, 0.29) is 18.9 Å². The zero-order chi connectivity index (χ0) is 26.9. The Labute approximate surface area is 222 Å². The van der Waals surface area contributed by atoms with E-state index in [9.17, 15) is 0 Å². The first kappa shape index (κ1) is 27.1. The van der Waals surface area contributed by atoms with Crippen LogP contribution in [-0.4, -0.2) is 46.4 Å². The molecule has 2 unspecified atom stereocenters. The largest absolute Gasteiger partial charge is 0.497 e. The number of aromatic nitrogens is 4. The lowest BCUT2D eigenvalue weighted by molar-refractivity contribution is -0.0170. The SMILES string of the molecule is C=C.COc1ccc(OP(OCC2CCC(n3cnc4c(N)ncnc43)O2)Oc2ccc(OC)cc2)cc1. The smallest absolute Gasteiger partial charge is 0.463 e. The summed E-state index contributed by atoms with van der Waals surface area (Å²) in [6, 6.07) is 14.4. The maximum atomic E-state index is 6.23. The van der Waals surface area contributed by atoms with Gasteiger partial charge < -0.3 is 29.0 Å². The van der Waals surface area contributed by atoms with Crippen molar-refractivity contribution in [1.29, 1.82) is 0 Å². The van der Waals surface area contributed by atoms with Gasteiger partial charge in [0.15, 0.2) is 11.5 Å². The lowest BCUT2D eigenvalue weighted by atomic mass is 10.2. The molecular formula is C26H30N5O6P. The first-order valence-electron chi connectivity index (χ1n) is 11.8. The molecule has 12 heteroatoms. The van der Waals surface area contributed by atoms with Gasteiger partial charge in [0.05, 0.1) is 33.3 Å². The van der Waals surface area contributed by atoms with Gasteiger partial charge in [0.2, 0.25) is 0 Å². The van der Waals surface area contributed by atoms with Crippen LogP contribution in [0.4, 0.5) is 5.82 Å². The van der Waals surface area contributed by atoms with Gasteiger partial charge >= 0.3 is 8.60 Å². The van der Waals surface area contributed by atoms with E-state index in [2.05, 4.69) is 28.1 Å². The predicted octanol–water partition coefficient (Wildman–Crippen LogP) is 5.31. The fourth-order valence-corrected chi connectivity index (χ4v) is 4.77. The second-order valence-electron chi connectivity index (χ2n) is 7.93. The van der Waals surface area contributed by atoms with E-state index in [4.69, 9.17) is 33.5 Å². The first-order valence-corrected chi connectivity index (χ1v) is 12.9. The summed E-state index contributed by atoms with van der Waals surface area (Å²) < 4.78 is 36.7. The summed E-state index contributed by atoms with van der Waals surface area (Å²) in [6.07, 6.45) is 4.28. The first-order chi connectivity index (χ1) is 18.6. The minimum atomic E-state index is -1.77. The van der Waals surface area contributed by atoms with Gasteiger partial charge in [-0.25, -0.2) is 15.0 Å². The molecule has 2 N–H and O–H groups in total. The van der Waals surface area contributed by atoms with Gasteiger partial charge in [-0.05, 0) is 61.4 Å². The molecule has 3 heterocycles. The standard InChI is InChI=1S/C24H26N5O6P.C2H4/c1-30-16-3-7-18(8-4-16)34-36(35-19-9-5-17(31-2)6-10-19)32-13-20-11-12-21(33-20)29-15-28-22-23(25)26-14-27-24(22)29;1-2/h3-10,14-15,20-21H,11-13H2,1-2H3,(H2,25,26,27);1-2H2. The van der Waals surface area contributed by atoms with Crippen LogP contribution >= 0.6 is 8.60 Å². The Balaban J connectivity index is 0.00000164. The molecule has 2 aromatic carbocycles. The molecule has 2 aromatic heterocycles. The molecule has 1 saturated heterocycles. The van der Waals surface area contributed by atoms with Crippen LogP contribution in [0.5, 0.6) is 23.0 Å². The Kier molecular flexibility index (Phi) is 9.31.